The summed E-state index contributed by atoms with van der Waals surface area (Å²) in [6.45, 7) is 2.18. The molecular weight excluding hydrogens is 470 g/mol. The number of methoxy groups -OCH3 is 2. The number of aromatic nitrogens is 3. The Morgan fingerprint density at radius 1 is 1.00 bits per heavy atom. The van der Waals surface area contributed by atoms with Gasteiger partial charge in [-0.2, -0.15) is 10.1 Å². The number of nitrogens with one attached hydrogen (secondary N) is 2. The van der Waals surface area contributed by atoms with E-state index in [0.29, 0.717) is 46.8 Å². The first kappa shape index (κ1) is 23.9. The lowest BCUT2D eigenvalue weighted by Gasteiger charge is -2.30. The summed E-state index contributed by atoms with van der Waals surface area (Å²) in [5, 5.41) is 10.6. The molecule has 0 fully saturated rings. The second-order valence-corrected chi connectivity index (χ2v) is 8.43. The number of carbonyl (C=O) groups is 1. The van der Waals surface area contributed by atoms with Crippen molar-refractivity contribution in [3.05, 3.63) is 102 Å². The summed E-state index contributed by atoms with van der Waals surface area (Å²) in [5.41, 5.74) is 3.51. The largest absolute Gasteiger partial charge is 0.497 e. The lowest BCUT2D eigenvalue weighted by molar-refractivity contribution is -0.113. The number of benzene rings is 3. The van der Waals surface area contributed by atoms with Crippen LogP contribution in [0.25, 0.3) is 0 Å². The standard InChI is InChI=1S/C28H27N5O4/c1-18-24(27(34)32-20-12-14-21(35-2)15-13-20)25(33-28(31-18)29-17-30-33)22-10-7-11-23(36-3)26(22)37-16-19-8-5-4-6-9-19/h4-15,17,25H,16H2,1-3H3,(H,32,34)(H,29,30,31)/t25-/m1/s1. The Kier molecular flexibility index (Phi) is 6.76. The SMILES string of the molecule is COc1ccc(NC(=O)C2=C(C)Nc3ncnn3[C@@H]2c2cccc(OC)c2OCc2ccccc2)cc1. The van der Waals surface area contributed by atoms with Crippen LogP contribution in [0.2, 0.25) is 0 Å². The Balaban J connectivity index is 1.55. The number of para-hydroxylation sites is 1. The van der Waals surface area contributed by atoms with Crippen LogP contribution in [0.3, 0.4) is 0 Å². The van der Waals surface area contributed by atoms with E-state index in [1.165, 1.54) is 6.33 Å². The van der Waals surface area contributed by atoms with Crippen LogP contribution in [-0.2, 0) is 11.4 Å². The zero-order chi connectivity index (χ0) is 25.8. The van der Waals surface area contributed by atoms with E-state index in [1.807, 2.05) is 55.5 Å². The van der Waals surface area contributed by atoms with Gasteiger partial charge in [0.2, 0.25) is 5.95 Å². The lowest BCUT2D eigenvalue weighted by Crippen LogP contribution is -2.31. The highest BCUT2D eigenvalue weighted by Gasteiger charge is 2.36. The van der Waals surface area contributed by atoms with Gasteiger partial charge in [-0.3, -0.25) is 4.79 Å². The minimum Gasteiger partial charge on any atom is -0.497 e. The number of carbonyl (C=O) groups excluding carboxylic acids is 1. The van der Waals surface area contributed by atoms with Gasteiger partial charge in [0.15, 0.2) is 11.5 Å². The number of nitrogens with zero attached hydrogens (tertiary/aromatic N) is 3. The van der Waals surface area contributed by atoms with Crippen molar-refractivity contribution in [2.75, 3.05) is 24.9 Å². The molecule has 0 bridgehead atoms. The maximum atomic E-state index is 13.7. The molecule has 4 aromatic rings. The van der Waals surface area contributed by atoms with Crippen molar-refractivity contribution >= 4 is 17.5 Å². The van der Waals surface area contributed by atoms with E-state index in [1.54, 1.807) is 43.2 Å². The monoisotopic (exact) mass is 497 g/mol. The van der Waals surface area contributed by atoms with Crippen molar-refractivity contribution < 1.29 is 19.0 Å². The van der Waals surface area contributed by atoms with E-state index in [4.69, 9.17) is 14.2 Å². The molecule has 1 atom stereocenters. The first-order valence-electron chi connectivity index (χ1n) is 11.8. The van der Waals surface area contributed by atoms with Crippen molar-refractivity contribution in [3.63, 3.8) is 0 Å². The van der Waals surface area contributed by atoms with E-state index in [-0.39, 0.29) is 5.91 Å². The quantitative estimate of drug-likeness (QED) is 0.361. The Labute approximate surface area is 214 Å². The molecule has 1 aliphatic heterocycles. The number of allylic oxidation sites excluding steroid dienone is 1. The summed E-state index contributed by atoms with van der Waals surface area (Å²) >= 11 is 0. The first-order chi connectivity index (χ1) is 18.1. The van der Waals surface area contributed by atoms with E-state index in [0.717, 1.165) is 11.1 Å². The van der Waals surface area contributed by atoms with Crippen LogP contribution >= 0.6 is 0 Å². The molecule has 0 spiro atoms. The Morgan fingerprint density at radius 2 is 1.78 bits per heavy atom. The fourth-order valence-electron chi connectivity index (χ4n) is 4.34. The van der Waals surface area contributed by atoms with Crippen molar-refractivity contribution in [2.24, 2.45) is 0 Å². The molecule has 0 aliphatic carbocycles. The molecule has 0 saturated heterocycles. The van der Waals surface area contributed by atoms with Crippen molar-refractivity contribution in [1.29, 1.82) is 0 Å². The molecule has 1 amide bonds. The van der Waals surface area contributed by atoms with Gasteiger partial charge in [-0.25, -0.2) is 4.68 Å². The summed E-state index contributed by atoms with van der Waals surface area (Å²) in [7, 11) is 3.19. The van der Waals surface area contributed by atoms with Crippen molar-refractivity contribution in [1.82, 2.24) is 14.8 Å². The Morgan fingerprint density at radius 3 is 2.51 bits per heavy atom. The van der Waals surface area contributed by atoms with E-state index >= 15 is 0 Å². The van der Waals surface area contributed by atoms with Gasteiger partial charge in [0.25, 0.3) is 5.91 Å². The minimum absolute atomic E-state index is 0.279. The van der Waals surface area contributed by atoms with Gasteiger partial charge in [0.1, 0.15) is 24.7 Å². The normalized spacial score (nSPS) is 14.4. The highest BCUT2D eigenvalue weighted by Crippen LogP contribution is 2.43. The molecule has 5 rings (SSSR count). The van der Waals surface area contributed by atoms with E-state index in [2.05, 4.69) is 20.7 Å². The number of ether oxygens (including phenoxy) is 3. The van der Waals surface area contributed by atoms with Crippen LogP contribution in [0.5, 0.6) is 17.2 Å². The highest BCUT2D eigenvalue weighted by molar-refractivity contribution is 6.06. The van der Waals surface area contributed by atoms with Gasteiger partial charge in [-0.05, 0) is 42.8 Å². The van der Waals surface area contributed by atoms with Gasteiger partial charge >= 0.3 is 0 Å². The number of rotatable bonds is 8. The number of fused-ring (bicyclic) bond motifs is 1. The molecule has 3 aromatic carbocycles. The third-order valence-corrected chi connectivity index (χ3v) is 6.14. The van der Waals surface area contributed by atoms with Crippen molar-refractivity contribution in [2.45, 2.75) is 19.6 Å². The highest BCUT2D eigenvalue weighted by atomic mass is 16.5. The van der Waals surface area contributed by atoms with Crippen LogP contribution in [0.1, 0.15) is 24.1 Å². The zero-order valence-corrected chi connectivity index (χ0v) is 20.8. The smallest absolute Gasteiger partial charge is 0.255 e. The second kappa shape index (κ2) is 10.4. The van der Waals surface area contributed by atoms with Gasteiger partial charge in [0.05, 0.1) is 19.8 Å². The second-order valence-electron chi connectivity index (χ2n) is 8.43. The predicted octanol–water partition coefficient (Wildman–Crippen LogP) is 4.80. The molecule has 1 aliphatic rings. The fraction of sp³-hybridized carbons (Fsp3) is 0.179. The van der Waals surface area contributed by atoms with Gasteiger partial charge < -0.3 is 24.8 Å². The third-order valence-electron chi connectivity index (χ3n) is 6.14. The molecule has 2 heterocycles. The molecule has 0 radical (unpaired) electrons. The Bertz CT molecular complexity index is 1430. The molecule has 0 unspecified atom stereocenters. The molecule has 37 heavy (non-hydrogen) atoms. The van der Waals surface area contributed by atoms with Crippen LogP contribution in [0.15, 0.2) is 90.4 Å². The molecule has 188 valence electrons. The van der Waals surface area contributed by atoms with Crippen LogP contribution in [-0.4, -0.2) is 34.9 Å². The average molecular weight is 498 g/mol. The average Bonchev–Trinajstić information content (AvgIpc) is 3.40. The molecule has 2 N–H and O–H groups in total. The topological polar surface area (TPSA) is 99.5 Å². The summed E-state index contributed by atoms with van der Waals surface area (Å²) < 4.78 is 18.9. The minimum atomic E-state index is -0.613. The number of anilines is 2. The summed E-state index contributed by atoms with van der Waals surface area (Å²) in [6.07, 6.45) is 1.46. The van der Waals surface area contributed by atoms with Gasteiger partial charge in [-0.15, -0.1) is 0 Å². The van der Waals surface area contributed by atoms with Crippen LogP contribution in [0, 0.1) is 0 Å². The number of hydrogen-bond acceptors (Lipinski definition) is 7. The van der Waals surface area contributed by atoms with E-state index in [9.17, 15) is 4.79 Å². The summed E-state index contributed by atoms with van der Waals surface area (Å²) in [5.74, 6) is 2.04. The zero-order valence-electron chi connectivity index (χ0n) is 20.8. The fourth-order valence-corrected chi connectivity index (χ4v) is 4.34. The maximum Gasteiger partial charge on any atom is 0.255 e. The van der Waals surface area contributed by atoms with Gasteiger partial charge in [-0.1, -0.05) is 42.5 Å². The summed E-state index contributed by atoms with van der Waals surface area (Å²) in [6, 6.07) is 22.0. The third kappa shape index (κ3) is 4.84. The van der Waals surface area contributed by atoms with Crippen molar-refractivity contribution in [3.8, 4) is 17.2 Å². The number of hydrogen-bond donors (Lipinski definition) is 2. The maximum absolute atomic E-state index is 13.7. The molecule has 9 nitrogen and oxygen atoms in total. The number of amides is 1. The lowest BCUT2D eigenvalue weighted by atomic mass is 9.94. The molecule has 1 aromatic heterocycles. The Hall–Kier alpha value is -4.79. The molecule has 0 saturated carbocycles. The first-order valence-corrected chi connectivity index (χ1v) is 11.8. The predicted molar refractivity (Wildman–Crippen MR) is 140 cm³/mol. The summed E-state index contributed by atoms with van der Waals surface area (Å²) in [4.78, 5) is 18.1. The van der Waals surface area contributed by atoms with E-state index < -0.39 is 6.04 Å². The molecular formula is C28H27N5O4. The van der Waals surface area contributed by atoms with Crippen LogP contribution < -0.4 is 24.8 Å². The molecule has 9 heteroatoms. The van der Waals surface area contributed by atoms with Crippen LogP contribution in [0.4, 0.5) is 11.6 Å². The van der Waals surface area contributed by atoms with Gasteiger partial charge in [0, 0.05) is 16.9 Å².